The Hall–Kier alpha value is -1.58. The van der Waals surface area contributed by atoms with Crippen molar-refractivity contribution >= 4 is 17.3 Å². The van der Waals surface area contributed by atoms with Crippen LogP contribution in [-0.2, 0) is 13.1 Å². The summed E-state index contributed by atoms with van der Waals surface area (Å²) in [6, 6.07) is 9.90. The van der Waals surface area contributed by atoms with Gasteiger partial charge in [0.25, 0.3) is 0 Å². The fourth-order valence-electron chi connectivity index (χ4n) is 2.14. The van der Waals surface area contributed by atoms with Crippen molar-refractivity contribution in [2.75, 3.05) is 11.4 Å². The largest absolute Gasteiger partial charge is 0.366 e. The third kappa shape index (κ3) is 3.25. The molecule has 0 radical (unpaired) electrons. The number of aromatic nitrogens is 1. The standard InChI is InChI=1S/C15H18ClN3/c1-2-19(11-12-6-8-18-9-7-12)15-13(10-17)4-3-5-14(15)16/h3-9H,2,10-11,17H2,1H3. The molecule has 0 aliphatic rings. The van der Waals surface area contributed by atoms with Crippen molar-refractivity contribution in [2.24, 2.45) is 5.73 Å². The zero-order valence-corrected chi connectivity index (χ0v) is 11.8. The highest BCUT2D eigenvalue weighted by molar-refractivity contribution is 6.33. The van der Waals surface area contributed by atoms with Crippen molar-refractivity contribution in [1.29, 1.82) is 0 Å². The first kappa shape index (κ1) is 13.8. The first-order valence-electron chi connectivity index (χ1n) is 6.37. The summed E-state index contributed by atoms with van der Waals surface area (Å²) in [6.07, 6.45) is 3.61. The number of hydrogen-bond acceptors (Lipinski definition) is 3. The van der Waals surface area contributed by atoms with E-state index in [-0.39, 0.29) is 0 Å². The number of nitrogens with two attached hydrogens (primary N) is 1. The van der Waals surface area contributed by atoms with Crippen molar-refractivity contribution in [3.8, 4) is 0 Å². The summed E-state index contributed by atoms with van der Waals surface area (Å²) < 4.78 is 0. The van der Waals surface area contributed by atoms with Gasteiger partial charge in [-0.2, -0.15) is 0 Å². The molecule has 0 aliphatic carbocycles. The molecule has 2 N–H and O–H groups in total. The highest BCUT2D eigenvalue weighted by atomic mass is 35.5. The fraction of sp³-hybridized carbons (Fsp3) is 0.267. The maximum atomic E-state index is 6.34. The Kier molecular flexibility index (Phi) is 4.77. The number of hydrogen-bond donors (Lipinski definition) is 1. The second-order valence-corrected chi connectivity index (χ2v) is 4.73. The van der Waals surface area contributed by atoms with Crippen molar-refractivity contribution in [1.82, 2.24) is 4.98 Å². The zero-order chi connectivity index (χ0) is 13.7. The van der Waals surface area contributed by atoms with Gasteiger partial charge in [0.15, 0.2) is 0 Å². The minimum Gasteiger partial charge on any atom is -0.366 e. The average molecular weight is 276 g/mol. The highest BCUT2D eigenvalue weighted by Gasteiger charge is 2.13. The molecule has 2 aromatic rings. The average Bonchev–Trinajstić information content (AvgIpc) is 2.46. The van der Waals surface area contributed by atoms with Gasteiger partial charge in [0, 0.05) is 32.0 Å². The van der Waals surface area contributed by atoms with Crippen molar-refractivity contribution in [3.05, 3.63) is 58.9 Å². The van der Waals surface area contributed by atoms with E-state index in [9.17, 15) is 0 Å². The molecule has 3 nitrogen and oxygen atoms in total. The number of halogens is 1. The number of para-hydroxylation sites is 1. The van der Waals surface area contributed by atoms with Crippen molar-refractivity contribution in [2.45, 2.75) is 20.0 Å². The lowest BCUT2D eigenvalue weighted by atomic mass is 10.1. The van der Waals surface area contributed by atoms with E-state index in [0.717, 1.165) is 29.4 Å². The molecular weight excluding hydrogens is 258 g/mol. The Labute approximate surface area is 119 Å². The van der Waals surface area contributed by atoms with Crippen LogP contribution >= 0.6 is 11.6 Å². The molecule has 0 spiro atoms. The summed E-state index contributed by atoms with van der Waals surface area (Å²) in [5.41, 5.74) is 9.12. The highest BCUT2D eigenvalue weighted by Crippen LogP contribution is 2.30. The smallest absolute Gasteiger partial charge is 0.0643 e. The molecule has 0 saturated heterocycles. The van der Waals surface area contributed by atoms with Crippen LogP contribution in [-0.4, -0.2) is 11.5 Å². The monoisotopic (exact) mass is 275 g/mol. The van der Waals surface area contributed by atoms with Gasteiger partial charge < -0.3 is 10.6 Å². The SMILES string of the molecule is CCN(Cc1ccncc1)c1c(Cl)cccc1CN. The zero-order valence-electron chi connectivity index (χ0n) is 11.0. The molecule has 0 atom stereocenters. The second-order valence-electron chi connectivity index (χ2n) is 4.32. The summed E-state index contributed by atoms with van der Waals surface area (Å²) in [5, 5.41) is 0.749. The summed E-state index contributed by atoms with van der Waals surface area (Å²) in [5.74, 6) is 0. The van der Waals surface area contributed by atoms with Gasteiger partial charge in [-0.15, -0.1) is 0 Å². The number of benzene rings is 1. The van der Waals surface area contributed by atoms with Gasteiger partial charge in [0.1, 0.15) is 0 Å². The topological polar surface area (TPSA) is 42.2 Å². The van der Waals surface area contributed by atoms with Crippen LogP contribution < -0.4 is 10.6 Å². The van der Waals surface area contributed by atoms with Gasteiger partial charge in [0.05, 0.1) is 10.7 Å². The van der Waals surface area contributed by atoms with E-state index in [4.69, 9.17) is 17.3 Å². The number of nitrogens with zero attached hydrogens (tertiary/aromatic N) is 2. The maximum absolute atomic E-state index is 6.34. The molecule has 0 aliphatic heterocycles. The van der Waals surface area contributed by atoms with E-state index in [0.29, 0.717) is 6.54 Å². The Balaban J connectivity index is 2.32. The van der Waals surface area contributed by atoms with Crippen LogP contribution in [0.15, 0.2) is 42.7 Å². The molecule has 0 fully saturated rings. The van der Waals surface area contributed by atoms with E-state index < -0.39 is 0 Å². The summed E-state index contributed by atoms with van der Waals surface area (Å²) in [7, 11) is 0. The molecule has 2 rings (SSSR count). The van der Waals surface area contributed by atoms with Crippen LogP contribution in [0, 0.1) is 0 Å². The van der Waals surface area contributed by atoms with Crippen LogP contribution in [0.4, 0.5) is 5.69 Å². The quantitative estimate of drug-likeness (QED) is 0.911. The summed E-state index contributed by atoms with van der Waals surface area (Å²) in [6.45, 7) is 4.28. The van der Waals surface area contributed by atoms with Gasteiger partial charge in [-0.1, -0.05) is 23.7 Å². The molecule has 0 unspecified atom stereocenters. The summed E-state index contributed by atoms with van der Waals surface area (Å²) in [4.78, 5) is 6.27. The summed E-state index contributed by atoms with van der Waals surface area (Å²) >= 11 is 6.34. The van der Waals surface area contributed by atoms with Crippen LogP contribution in [0.1, 0.15) is 18.1 Å². The lowest BCUT2D eigenvalue weighted by Gasteiger charge is -2.26. The Bertz CT molecular complexity index is 528. The molecule has 4 heteroatoms. The van der Waals surface area contributed by atoms with Gasteiger partial charge in [-0.3, -0.25) is 4.98 Å². The predicted molar refractivity (Wildman–Crippen MR) is 80.3 cm³/mol. The van der Waals surface area contributed by atoms with E-state index in [1.54, 1.807) is 12.4 Å². The van der Waals surface area contributed by atoms with E-state index >= 15 is 0 Å². The predicted octanol–water partition coefficient (Wildman–Crippen LogP) is 3.22. The third-order valence-electron chi connectivity index (χ3n) is 3.11. The van der Waals surface area contributed by atoms with Gasteiger partial charge in [0.2, 0.25) is 0 Å². The van der Waals surface area contributed by atoms with Crippen LogP contribution in [0.3, 0.4) is 0 Å². The second kappa shape index (κ2) is 6.55. The lowest BCUT2D eigenvalue weighted by molar-refractivity contribution is 0.820. The van der Waals surface area contributed by atoms with Gasteiger partial charge in [-0.25, -0.2) is 0 Å². The minimum absolute atomic E-state index is 0.489. The molecule has 19 heavy (non-hydrogen) atoms. The van der Waals surface area contributed by atoms with Crippen LogP contribution in [0.2, 0.25) is 5.02 Å². The molecule has 1 aromatic heterocycles. The number of pyridine rings is 1. The third-order valence-corrected chi connectivity index (χ3v) is 3.42. The van der Waals surface area contributed by atoms with Gasteiger partial charge >= 0.3 is 0 Å². The van der Waals surface area contributed by atoms with Crippen LogP contribution in [0.5, 0.6) is 0 Å². The molecule has 0 saturated carbocycles. The van der Waals surface area contributed by atoms with E-state index in [1.165, 1.54) is 5.56 Å². The Morgan fingerprint density at radius 2 is 1.95 bits per heavy atom. The van der Waals surface area contributed by atoms with Crippen molar-refractivity contribution in [3.63, 3.8) is 0 Å². The lowest BCUT2D eigenvalue weighted by Crippen LogP contribution is -2.24. The molecule has 0 amide bonds. The molecule has 1 aromatic carbocycles. The first-order chi connectivity index (χ1) is 9.26. The molecule has 1 heterocycles. The first-order valence-corrected chi connectivity index (χ1v) is 6.75. The Morgan fingerprint density at radius 1 is 1.21 bits per heavy atom. The molecular formula is C15H18ClN3. The minimum atomic E-state index is 0.489. The van der Waals surface area contributed by atoms with E-state index in [1.807, 2.05) is 30.3 Å². The number of anilines is 1. The molecule has 100 valence electrons. The van der Waals surface area contributed by atoms with Gasteiger partial charge in [-0.05, 0) is 36.2 Å². The van der Waals surface area contributed by atoms with Crippen LogP contribution in [0.25, 0.3) is 0 Å². The molecule has 0 bridgehead atoms. The fourth-order valence-corrected chi connectivity index (χ4v) is 2.45. The maximum Gasteiger partial charge on any atom is 0.0643 e. The normalized spacial score (nSPS) is 10.5. The Morgan fingerprint density at radius 3 is 2.58 bits per heavy atom. The van der Waals surface area contributed by atoms with E-state index in [2.05, 4.69) is 16.8 Å². The van der Waals surface area contributed by atoms with Crippen molar-refractivity contribution < 1.29 is 0 Å². The number of rotatable bonds is 5.